The fourth-order valence-corrected chi connectivity index (χ4v) is 3.60. The molecule has 6 nitrogen and oxygen atoms in total. The van der Waals surface area contributed by atoms with E-state index in [0.29, 0.717) is 34.9 Å². The molecule has 0 saturated heterocycles. The second-order valence-electron chi connectivity index (χ2n) is 7.46. The van der Waals surface area contributed by atoms with Gasteiger partial charge in [0.05, 0.1) is 17.6 Å². The lowest BCUT2D eigenvalue weighted by Crippen LogP contribution is -2.07. The Balaban J connectivity index is 1.62. The number of hydrogen-bond acceptors (Lipinski definition) is 5. The van der Waals surface area contributed by atoms with Crippen molar-refractivity contribution in [3.63, 3.8) is 0 Å². The molecule has 1 aliphatic carbocycles. The highest BCUT2D eigenvalue weighted by molar-refractivity contribution is 6.30. The zero-order chi connectivity index (χ0) is 19.8. The monoisotopic (exact) mass is 404 g/mol. The number of anilines is 2. The molecule has 2 heterocycles. The maximum absolute atomic E-state index is 6.51. The zero-order valence-electron chi connectivity index (χ0n) is 15.8. The van der Waals surface area contributed by atoms with Gasteiger partial charge in [-0.15, -0.1) is 5.10 Å². The molecule has 0 bridgehead atoms. The minimum atomic E-state index is 0.549. The number of rotatable bonds is 6. The van der Waals surface area contributed by atoms with E-state index in [2.05, 4.69) is 27.5 Å². The van der Waals surface area contributed by atoms with Crippen LogP contribution in [-0.2, 0) is 6.54 Å². The van der Waals surface area contributed by atoms with E-state index >= 15 is 0 Å². The quantitative estimate of drug-likeness (QED) is 0.490. The average Bonchev–Trinajstić information content (AvgIpc) is 3.51. The molecule has 0 atom stereocenters. The minimum Gasteiger partial charge on any atom is -0.383 e. The molecule has 0 spiro atoms. The second kappa shape index (κ2) is 7.37. The van der Waals surface area contributed by atoms with Crippen molar-refractivity contribution in [2.75, 3.05) is 17.6 Å². The summed E-state index contributed by atoms with van der Waals surface area (Å²) in [6.45, 7) is 1.45. The van der Waals surface area contributed by atoms with Crippen LogP contribution in [0.2, 0.25) is 5.02 Å². The van der Waals surface area contributed by atoms with Gasteiger partial charge in [-0.25, -0.2) is 9.67 Å². The number of benzene rings is 2. The third-order valence-electron chi connectivity index (χ3n) is 5.16. The van der Waals surface area contributed by atoms with Crippen LogP contribution in [0.25, 0.3) is 22.3 Å². The maximum atomic E-state index is 6.51. The molecule has 0 aliphatic heterocycles. The molecule has 7 heteroatoms. The van der Waals surface area contributed by atoms with Crippen molar-refractivity contribution in [2.24, 2.45) is 5.92 Å². The molecular formula is C22H21ClN6. The Labute approximate surface area is 173 Å². The van der Waals surface area contributed by atoms with Gasteiger partial charge < -0.3 is 11.1 Å². The molecule has 0 radical (unpaired) electrons. The fourth-order valence-electron chi connectivity index (χ4n) is 3.41. The van der Waals surface area contributed by atoms with Gasteiger partial charge in [-0.2, -0.15) is 4.98 Å². The number of nitrogens with zero attached hydrogens (tertiary/aromatic N) is 4. The van der Waals surface area contributed by atoms with Crippen LogP contribution in [0.5, 0.6) is 0 Å². The third-order valence-corrected chi connectivity index (χ3v) is 5.39. The third kappa shape index (κ3) is 3.76. The molecule has 2 aromatic carbocycles. The van der Waals surface area contributed by atoms with Crippen molar-refractivity contribution in [3.8, 4) is 11.3 Å². The van der Waals surface area contributed by atoms with Gasteiger partial charge in [-0.05, 0) is 36.5 Å². The van der Waals surface area contributed by atoms with Crippen molar-refractivity contribution in [3.05, 3.63) is 65.2 Å². The number of aromatic nitrogens is 4. The highest BCUT2D eigenvalue weighted by Gasteiger charge is 2.23. The van der Waals surface area contributed by atoms with Gasteiger partial charge in [-0.1, -0.05) is 54.1 Å². The summed E-state index contributed by atoms with van der Waals surface area (Å²) in [7, 11) is 0. The Hall–Kier alpha value is -3.12. The predicted molar refractivity (Wildman–Crippen MR) is 117 cm³/mol. The van der Waals surface area contributed by atoms with Crippen LogP contribution in [0.15, 0.2) is 54.6 Å². The summed E-state index contributed by atoms with van der Waals surface area (Å²) in [6, 6.07) is 17.7. The summed E-state index contributed by atoms with van der Waals surface area (Å²) >= 11 is 6.24. The molecular weight excluding hydrogens is 384 g/mol. The molecule has 5 rings (SSSR count). The number of halogens is 1. The molecule has 0 unspecified atom stereocenters. The van der Waals surface area contributed by atoms with Crippen LogP contribution in [0, 0.1) is 5.92 Å². The Kier molecular flexibility index (Phi) is 4.56. The molecule has 4 aromatic rings. The first kappa shape index (κ1) is 17.9. The predicted octanol–water partition coefficient (Wildman–Crippen LogP) is 4.60. The van der Waals surface area contributed by atoms with Gasteiger partial charge in [0.15, 0.2) is 5.65 Å². The van der Waals surface area contributed by atoms with Gasteiger partial charge in [0.1, 0.15) is 5.82 Å². The van der Waals surface area contributed by atoms with Gasteiger partial charge in [0, 0.05) is 17.1 Å². The normalized spacial score (nSPS) is 13.7. The number of nitrogens with one attached hydrogen (secondary N) is 1. The standard InChI is InChI=1S/C22H21ClN6/c23-17-8-4-7-16(11-17)19-18-20(24)29(13-15-5-2-1-3-6-15)28-21(18)27-22(26-19)25-12-14-9-10-14/h1-8,11,14H,9-10,12-13,24H2,(H,25,27,28). The molecule has 1 fully saturated rings. The number of hydrogen-bond donors (Lipinski definition) is 2. The van der Waals surface area contributed by atoms with Crippen LogP contribution >= 0.6 is 11.6 Å². The molecule has 146 valence electrons. The number of fused-ring (bicyclic) bond motifs is 1. The lowest BCUT2D eigenvalue weighted by atomic mass is 10.1. The van der Waals surface area contributed by atoms with E-state index in [4.69, 9.17) is 22.3 Å². The first-order valence-corrected chi connectivity index (χ1v) is 10.1. The van der Waals surface area contributed by atoms with Crippen LogP contribution < -0.4 is 11.1 Å². The van der Waals surface area contributed by atoms with E-state index < -0.39 is 0 Å². The van der Waals surface area contributed by atoms with E-state index in [0.717, 1.165) is 28.8 Å². The first-order chi connectivity index (χ1) is 14.2. The summed E-state index contributed by atoms with van der Waals surface area (Å²) in [5.41, 5.74) is 9.86. The first-order valence-electron chi connectivity index (χ1n) is 9.75. The minimum absolute atomic E-state index is 0.549. The van der Waals surface area contributed by atoms with E-state index in [-0.39, 0.29) is 0 Å². The number of nitrogen functional groups attached to an aromatic ring is 1. The van der Waals surface area contributed by atoms with Gasteiger partial charge >= 0.3 is 0 Å². The summed E-state index contributed by atoms with van der Waals surface area (Å²) < 4.78 is 1.79. The summed E-state index contributed by atoms with van der Waals surface area (Å²) in [6.07, 6.45) is 2.52. The molecule has 0 amide bonds. The van der Waals surface area contributed by atoms with Crippen molar-refractivity contribution in [1.29, 1.82) is 0 Å². The molecule has 1 saturated carbocycles. The van der Waals surface area contributed by atoms with Crippen molar-refractivity contribution < 1.29 is 0 Å². The summed E-state index contributed by atoms with van der Waals surface area (Å²) in [5, 5.41) is 9.44. The molecule has 2 aromatic heterocycles. The van der Waals surface area contributed by atoms with E-state index in [1.807, 2.05) is 42.5 Å². The smallest absolute Gasteiger partial charge is 0.225 e. The highest BCUT2D eigenvalue weighted by atomic mass is 35.5. The molecule has 1 aliphatic rings. The zero-order valence-corrected chi connectivity index (χ0v) is 16.6. The van der Waals surface area contributed by atoms with Crippen LogP contribution in [-0.4, -0.2) is 26.3 Å². The average molecular weight is 405 g/mol. The topological polar surface area (TPSA) is 81.7 Å². The van der Waals surface area contributed by atoms with E-state index in [1.54, 1.807) is 4.68 Å². The Bertz CT molecular complexity index is 1170. The van der Waals surface area contributed by atoms with Crippen molar-refractivity contribution in [1.82, 2.24) is 19.7 Å². The number of nitrogens with two attached hydrogens (primary N) is 1. The van der Waals surface area contributed by atoms with E-state index in [1.165, 1.54) is 12.8 Å². The summed E-state index contributed by atoms with van der Waals surface area (Å²) in [5.74, 6) is 1.83. The van der Waals surface area contributed by atoms with Crippen LogP contribution in [0.1, 0.15) is 18.4 Å². The Morgan fingerprint density at radius 2 is 1.90 bits per heavy atom. The second-order valence-corrected chi connectivity index (χ2v) is 7.89. The summed E-state index contributed by atoms with van der Waals surface area (Å²) in [4.78, 5) is 9.42. The van der Waals surface area contributed by atoms with Gasteiger partial charge in [0.2, 0.25) is 5.95 Å². The molecule has 3 N–H and O–H groups in total. The van der Waals surface area contributed by atoms with Crippen LogP contribution in [0.4, 0.5) is 11.8 Å². The van der Waals surface area contributed by atoms with Gasteiger partial charge in [-0.3, -0.25) is 0 Å². The van der Waals surface area contributed by atoms with Crippen molar-refractivity contribution >= 4 is 34.4 Å². The largest absolute Gasteiger partial charge is 0.383 e. The molecule has 29 heavy (non-hydrogen) atoms. The fraction of sp³-hybridized carbons (Fsp3) is 0.227. The maximum Gasteiger partial charge on any atom is 0.225 e. The Morgan fingerprint density at radius 1 is 1.07 bits per heavy atom. The highest BCUT2D eigenvalue weighted by Crippen LogP contribution is 2.33. The van der Waals surface area contributed by atoms with Crippen molar-refractivity contribution in [2.45, 2.75) is 19.4 Å². The Morgan fingerprint density at radius 3 is 2.66 bits per heavy atom. The van der Waals surface area contributed by atoms with Gasteiger partial charge in [0.25, 0.3) is 0 Å². The van der Waals surface area contributed by atoms with Crippen LogP contribution in [0.3, 0.4) is 0 Å². The lowest BCUT2D eigenvalue weighted by Gasteiger charge is -2.08. The van der Waals surface area contributed by atoms with E-state index in [9.17, 15) is 0 Å². The SMILES string of the molecule is Nc1c2c(-c3cccc(Cl)c3)nc(NCC3CC3)nc2nn1Cc1ccccc1. The lowest BCUT2D eigenvalue weighted by molar-refractivity contribution is 0.703.